The van der Waals surface area contributed by atoms with E-state index in [0.29, 0.717) is 48.6 Å². The van der Waals surface area contributed by atoms with Crippen molar-refractivity contribution in [1.29, 1.82) is 0 Å². The van der Waals surface area contributed by atoms with E-state index >= 15 is 0 Å². The van der Waals surface area contributed by atoms with Crippen molar-refractivity contribution < 1.29 is 105 Å². The van der Waals surface area contributed by atoms with E-state index < -0.39 is 112 Å². The first kappa shape index (κ1) is 47.7. The Kier molecular flexibility index (Phi) is 17.7. The van der Waals surface area contributed by atoms with Gasteiger partial charge in [0.2, 0.25) is 11.9 Å². The number of carbonyl (C=O) groups is 11. The van der Waals surface area contributed by atoms with Gasteiger partial charge in [-0.25, -0.2) is 47.9 Å². The van der Waals surface area contributed by atoms with Gasteiger partial charge in [-0.3, -0.25) is 4.79 Å². The maximum atomic E-state index is 14.4. The van der Waals surface area contributed by atoms with Gasteiger partial charge < -0.3 is 52.1 Å². The largest absolute Gasteiger partial charge is 0.480 e. The van der Waals surface area contributed by atoms with E-state index in [1.165, 1.54) is 0 Å². The van der Waals surface area contributed by atoms with E-state index in [9.17, 15) is 52.7 Å². The van der Waals surface area contributed by atoms with E-state index in [0.717, 1.165) is 78.0 Å². The standard InChI is InChI=1S/C40H32O22/c1-52-27(41)8-13-32(46)57-22-19-25(60-35(49)16-11-30(44)55-4)37-26(20-22)61-39(40(38(37)51)62-36(50)17-12-31(45)56-5)21-6-7-23(58-33(47)14-9-28(42)53-2)24(18-21)59-34(48)15-10-29(43)54-3/h6-20,39-40H,1-5H3/b13-8+,14-9+,15-10+,16-11+,17-12+. The van der Waals surface area contributed by atoms with Gasteiger partial charge >= 0.3 is 59.7 Å². The topological polar surface area (TPSA) is 289 Å². The normalized spacial score (nSPS) is 14.4. The number of Topliss-reactive ketones (excluding diaryl/α,β-unsaturated/α-hetero) is 1. The van der Waals surface area contributed by atoms with Crippen LogP contribution in [0.3, 0.4) is 0 Å². The number of carbonyl (C=O) groups excluding carboxylic acids is 11. The highest BCUT2D eigenvalue weighted by molar-refractivity contribution is 6.08. The molecule has 1 aliphatic rings. The zero-order chi connectivity index (χ0) is 45.9. The van der Waals surface area contributed by atoms with Crippen LogP contribution in [0.2, 0.25) is 0 Å². The quantitative estimate of drug-likeness (QED) is 0.0990. The summed E-state index contributed by atoms with van der Waals surface area (Å²) in [7, 11) is 5.16. The van der Waals surface area contributed by atoms with Gasteiger partial charge in [-0.15, -0.1) is 0 Å². The van der Waals surface area contributed by atoms with Crippen molar-refractivity contribution in [3.8, 4) is 28.7 Å². The number of hydrogen-bond acceptors (Lipinski definition) is 22. The van der Waals surface area contributed by atoms with Crippen molar-refractivity contribution in [3.63, 3.8) is 0 Å². The third-order valence-corrected chi connectivity index (χ3v) is 7.25. The molecule has 2 atom stereocenters. The monoisotopic (exact) mass is 864 g/mol. The minimum atomic E-state index is -2.07. The first-order valence-electron chi connectivity index (χ1n) is 16.9. The fraction of sp³-hybridized carbons (Fsp3) is 0.175. The molecule has 62 heavy (non-hydrogen) atoms. The zero-order valence-electron chi connectivity index (χ0n) is 32.8. The lowest BCUT2D eigenvalue weighted by Crippen LogP contribution is -2.40. The fourth-order valence-corrected chi connectivity index (χ4v) is 4.51. The first-order chi connectivity index (χ1) is 29.5. The predicted molar refractivity (Wildman–Crippen MR) is 199 cm³/mol. The minimum absolute atomic E-state index is 0.189. The van der Waals surface area contributed by atoms with Crippen LogP contribution in [0.4, 0.5) is 0 Å². The second-order valence-corrected chi connectivity index (χ2v) is 11.2. The molecule has 2 aromatic rings. The molecule has 0 aromatic heterocycles. The van der Waals surface area contributed by atoms with Gasteiger partial charge in [0.05, 0.1) is 35.5 Å². The molecule has 0 radical (unpaired) electrons. The number of benzene rings is 2. The summed E-state index contributed by atoms with van der Waals surface area (Å²) in [6, 6.07) is 4.97. The molecular formula is C40H32O22. The molecule has 0 aliphatic carbocycles. The average molecular weight is 865 g/mol. The van der Waals surface area contributed by atoms with Gasteiger partial charge in [0.25, 0.3) is 0 Å². The van der Waals surface area contributed by atoms with E-state index in [1.807, 2.05) is 0 Å². The van der Waals surface area contributed by atoms with Crippen molar-refractivity contribution in [2.75, 3.05) is 35.5 Å². The van der Waals surface area contributed by atoms with Gasteiger partial charge in [-0.05, 0) is 12.1 Å². The Balaban J connectivity index is 2.28. The maximum Gasteiger partial charge on any atom is 0.336 e. The number of esters is 10. The van der Waals surface area contributed by atoms with Crippen LogP contribution in [-0.2, 0) is 76.4 Å². The number of hydrogen-bond donors (Lipinski definition) is 0. The van der Waals surface area contributed by atoms with E-state index in [-0.39, 0.29) is 5.56 Å². The van der Waals surface area contributed by atoms with Crippen LogP contribution in [0.25, 0.3) is 0 Å². The lowest BCUT2D eigenvalue weighted by molar-refractivity contribution is -0.146. The van der Waals surface area contributed by atoms with E-state index in [1.54, 1.807) is 0 Å². The minimum Gasteiger partial charge on any atom is -0.480 e. The Morgan fingerprint density at radius 1 is 0.452 bits per heavy atom. The van der Waals surface area contributed by atoms with Crippen LogP contribution >= 0.6 is 0 Å². The predicted octanol–water partition coefficient (Wildman–Crippen LogP) is 1.18. The Labute approximate surface area is 348 Å². The highest BCUT2D eigenvalue weighted by Gasteiger charge is 2.44. The van der Waals surface area contributed by atoms with E-state index in [2.05, 4.69) is 23.7 Å². The summed E-state index contributed by atoms with van der Waals surface area (Å²) in [5.74, 6) is -14.9. The molecule has 1 aliphatic heterocycles. The van der Waals surface area contributed by atoms with Gasteiger partial charge in [0.1, 0.15) is 22.8 Å². The summed E-state index contributed by atoms with van der Waals surface area (Å²) in [6.45, 7) is 0. The molecule has 0 amide bonds. The van der Waals surface area contributed by atoms with E-state index in [4.69, 9.17) is 28.4 Å². The van der Waals surface area contributed by atoms with Crippen LogP contribution in [0.1, 0.15) is 22.0 Å². The van der Waals surface area contributed by atoms with Gasteiger partial charge in [0.15, 0.2) is 17.6 Å². The summed E-state index contributed by atoms with van der Waals surface area (Å²) in [4.78, 5) is 136. The lowest BCUT2D eigenvalue weighted by atomic mass is 9.92. The first-order valence-corrected chi connectivity index (χ1v) is 16.9. The SMILES string of the molecule is COC(=O)/C=C/C(=O)Oc1cc(OC(=O)/C=C/C(=O)OC)c2c(c1)OC(c1ccc(OC(=O)/C=C/C(=O)OC)c(OC(=O)/C=C/C(=O)OC)c1)C(OC(=O)/C=C/C(=O)OC)C2=O. The van der Waals surface area contributed by atoms with Crippen molar-refractivity contribution in [1.82, 2.24) is 0 Å². The van der Waals surface area contributed by atoms with Gasteiger partial charge in [-0.1, -0.05) is 6.07 Å². The molecule has 0 fully saturated rings. The Morgan fingerprint density at radius 3 is 1.29 bits per heavy atom. The molecule has 22 heteroatoms. The third kappa shape index (κ3) is 14.3. The summed E-state index contributed by atoms with van der Waals surface area (Å²) < 4.78 is 54.8. The lowest BCUT2D eigenvalue weighted by Gasteiger charge is -2.33. The van der Waals surface area contributed by atoms with Crippen LogP contribution in [0.15, 0.2) is 91.1 Å². The van der Waals surface area contributed by atoms with Gasteiger partial charge in [0, 0.05) is 78.5 Å². The third-order valence-electron chi connectivity index (χ3n) is 7.25. The molecule has 0 spiro atoms. The number of ketones is 1. The van der Waals surface area contributed by atoms with Crippen molar-refractivity contribution in [2.45, 2.75) is 12.2 Å². The van der Waals surface area contributed by atoms with Crippen LogP contribution < -0.4 is 23.7 Å². The fourth-order valence-electron chi connectivity index (χ4n) is 4.51. The number of fused-ring (bicyclic) bond motifs is 1. The highest BCUT2D eigenvalue weighted by Crippen LogP contribution is 2.45. The van der Waals surface area contributed by atoms with Crippen molar-refractivity contribution in [3.05, 3.63) is 102 Å². The molecule has 0 saturated heterocycles. The molecular weight excluding hydrogens is 832 g/mol. The average Bonchev–Trinajstić information content (AvgIpc) is 3.25. The Morgan fingerprint density at radius 2 is 0.839 bits per heavy atom. The zero-order valence-corrected chi connectivity index (χ0v) is 32.8. The van der Waals surface area contributed by atoms with Crippen LogP contribution in [-0.4, -0.2) is 107 Å². The molecule has 2 aromatic carbocycles. The smallest absolute Gasteiger partial charge is 0.336 e. The van der Waals surface area contributed by atoms with Crippen molar-refractivity contribution in [2.24, 2.45) is 0 Å². The number of methoxy groups -OCH3 is 5. The molecule has 0 saturated carbocycles. The number of rotatable bonds is 16. The maximum absolute atomic E-state index is 14.4. The van der Waals surface area contributed by atoms with Crippen LogP contribution in [0.5, 0.6) is 28.7 Å². The van der Waals surface area contributed by atoms with Crippen molar-refractivity contribution >= 4 is 65.5 Å². The Hall–Kier alpha value is -8.69. The molecule has 2 unspecified atom stereocenters. The number of ether oxygens (including phenoxy) is 11. The van der Waals surface area contributed by atoms with Gasteiger partial charge in [-0.2, -0.15) is 0 Å². The summed E-state index contributed by atoms with van der Waals surface area (Å²) in [5.41, 5.74) is -0.797. The highest BCUT2D eigenvalue weighted by atomic mass is 16.6. The summed E-state index contributed by atoms with van der Waals surface area (Å²) >= 11 is 0. The molecule has 324 valence electrons. The molecule has 1 heterocycles. The Bertz CT molecular complexity index is 2310. The second kappa shape index (κ2) is 23.0. The summed E-state index contributed by atoms with van der Waals surface area (Å²) in [6.07, 6.45) is 2.80. The van der Waals surface area contributed by atoms with Crippen LogP contribution in [0, 0.1) is 0 Å². The second-order valence-electron chi connectivity index (χ2n) is 11.2. The molecule has 22 nitrogen and oxygen atoms in total. The molecule has 3 rings (SSSR count). The summed E-state index contributed by atoms with van der Waals surface area (Å²) in [5, 5.41) is 0. The molecule has 0 N–H and O–H groups in total. The molecule has 0 bridgehead atoms.